The lowest BCUT2D eigenvalue weighted by atomic mass is 10.0. The van der Waals surface area contributed by atoms with Crippen LogP contribution in [-0.4, -0.2) is 53.3 Å². The molecular formula is C17H24O6. The second kappa shape index (κ2) is 6.84. The molecule has 6 heteroatoms. The molecule has 0 spiro atoms. The normalized spacial score (nSPS) is 33.6. The molecule has 2 fully saturated rings. The van der Waals surface area contributed by atoms with Crippen LogP contribution in [0.25, 0.3) is 0 Å². The smallest absolute Gasteiger partial charge is 0.190 e. The number of hydrogen-bond donors (Lipinski definition) is 2. The van der Waals surface area contributed by atoms with Crippen molar-refractivity contribution in [3.8, 4) is 0 Å². The van der Waals surface area contributed by atoms with E-state index in [1.165, 1.54) is 0 Å². The van der Waals surface area contributed by atoms with Gasteiger partial charge in [0.05, 0.1) is 25.4 Å². The molecule has 23 heavy (non-hydrogen) atoms. The summed E-state index contributed by atoms with van der Waals surface area (Å²) < 4.78 is 23.5. The van der Waals surface area contributed by atoms with Crippen molar-refractivity contribution in [1.29, 1.82) is 0 Å². The molecule has 6 nitrogen and oxygen atoms in total. The second-order valence-corrected chi connectivity index (χ2v) is 6.48. The molecule has 0 aromatic heterocycles. The number of aliphatic hydroxyl groups is 2. The summed E-state index contributed by atoms with van der Waals surface area (Å²) in [5, 5.41) is 18.8. The Bertz CT molecular complexity index is 505. The fourth-order valence-corrected chi connectivity index (χ4v) is 3.05. The summed E-state index contributed by atoms with van der Waals surface area (Å²) in [5.74, 6) is -0.718. The van der Waals surface area contributed by atoms with Crippen molar-refractivity contribution >= 4 is 0 Å². The van der Waals surface area contributed by atoms with Gasteiger partial charge in [-0.15, -0.1) is 0 Å². The average molecular weight is 324 g/mol. The largest absolute Gasteiger partial charge is 0.394 e. The van der Waals surface area contributed by atoms with Crippen LogP contribution >= 0.6 is 0 Å². The fourth-order valence-electron chi connectivity index (χ4n) is 3.05. The monoisotopic (exact) mass is 324 g/mol. The molecule has 2 N–H and O–H groups in total. The molecule has 5 unspecified atom stereocenters. The standard InChI is InChI=1S/C17H24O6/c1-17(2)22-15-14(20-10-11-6-4-3-5-7-11)13(8-12(19)9-18)21-16(15)23-17/h3-7,12-16,18-19H,8-10H2,1-2H3. The number of aliphatic hydroxyl groups excluding tert-OH is 2. The summed E-state index contributed by atoms with van der Waals surface area (Å²) >= 11 is 0. The molecule has 0 radical (unpaired) electrons. The minimum atomic E-state index is -0.852. The number of rotatable bonds is 6. The molecule has 2 aliphatic heterocycles. The zero-order valence-corrected chi connectivity index (χ0v) is 13.4. The summed E-state index contributed by atoms with van der Waals surface area (Å²) in [6.45, 7) is 3.78. The molecule has 0 bridgehead atoms. The van der Waals surface area contributed by atoms with Gasteiger partial charge in [-0.1, -0.05) is 30.3 Å². The highest BCUT2D eigenvalue weighted by molar-refractivity contribution is 5.13. The van der Waals surface area contributed by atoms with Crippen LogP contribution in [-0.2, 0) is 25.6 Å². The Labute approximate surface area is 135 Å². The van der Waals surface area contributed by atoms with Crippen molar-refractivity contribution in [1.82, 2.24) is 0 Å². The van der Waals surface area contributed by atoms with Crippen LogP contribution < -0.4 is 0 Å². The van der Waals surface area contributed by atoms with Crippen LogP contribution in [0.1, 0.15) is 25.8 Å². The Balaban J connectivity index is 1.68. The van der Waals surface area contributed by atoms with E-state index in [2.05, 4.69) is 0 Å². The molecule has 3 rings (SSSR count). The van der Waals surface area contributed by atoms with Crippen molar-refractivity contribution in [2.24, 2.45) is 0 Å². The van der Waals surface area contributed by atoms with E-state index in [1.54, 1.807) is 0 Å². The highest BCUT2D eigenvalue weighted by atomic mass is 16.8. The summed E-state index contributed by atoms with van der Waals surface area (Å²) in [4.78, 5) is 0. The molecule has 2 saturated heterocycles. The Hall–Kier alpha value is -1.02. The van der Waals surface area contributed by atoms with Gasteiger partial charge in [-0.3, -0.25) is 0 Å². The minimum absolute atomic E-state index is 0.274. The van der Waals surface area contributed by atoms with E-state index >= 15 is 0 Å². The molecule has 5 atom stereocenters. The van der Waals surface area contributed by atoms with E-state index in [9.17, 15) is 5.11 Å². The van der Waals surface area contributed by atoms with Gasteiger partial charge in [0.15, 0.2) is 12.1 Å². The first kappa shape index (κ1) is 16.8. The van der Waals surface area contributed by atoms with Gasteiger partial charge < -0.3 is 29.2 Å². The van der Waals surface area contributed by atoms with Gasteiger partial charge in [-0.05, 0) is 19.4 Å². The number of ether oxygens (including phenoxy) is 4. The number of benzene rings is 1. The van der Waals surface area contributed by atoms with Crippen LogP contribution in [0.4, 0.5) is 0 Å². The average Bonchev–Trinajstić information content (AvgIpc) is 2.97. The molecule has 2 aliphatic rings. The van der Waals surface area contributed by atoms with Crippen molar-refractivity contribution in [3.63, 3.8) is 0 Å². The minimum Gasteiger partial charge on any atom is -0.394 e. The lowest BCUT2D eigenvalue weighted by molar-refractivity contribution is -0.222. The van der Waals surface area contributed by atoms with Crippen LogP contribution in [0.2, 0.25) is 0 Å². The highest BCUT2D eigenvalue weighted by Gasteiger charge is 2.55. The third-order valence-electron chi connectivity index (χ3n) is 4.09. The van der Waals surface area contributed by atoms with Crippen LogP contribution in [0.3, 0.4) is 0 Å². The number of hydrogen-bond acceptors (Lipinski definition) is 6. The van der Waals surface area contributed by atoms with Crippen LogP contribution in [0.15, 0.2) is 30.3 Å². The molecule has 0 saturated carbocycles. The maximum Gasteiger partial charge on any atom is 0.190 e. The molecular weight excluding hydrogens is 300 g/mol. The topological polar surface area (TPSA) is 77.4 Å². The molecule has 1 aromatic rings. The highest BCUT2D eigenvalue weighted by Crippen LogP contribution is 2.40. The van der Waals surface area contributed by atoms with Crippen molar-refractivity contribution < 1.29 is 29.2 Å². The maximum absolute atomic E-state index is 9.72. The third kappa shape index (κ3) is 3.91. The first-order valence-corrected chi connectivity index (χ1v) is 7.94. The lowest BCUT2D eigenvalue weighted by Crippen LogP contribution is -2.38. The lowest BCUT2D eigenvalue weighted by Gasteiger charge is -2.26. The van der Waals surface area contributed by atoms with E-state index in [-0.39, 0.29) is 31.3 Å². The van der Waals surface area contributed by atoms with Crippen LogP contribution in [0, 0.1) is 0 Å². The van der Waals surface area contributed by atoms with Crippen molar-refractivity contribution in [3.05, 3.63) is 35.9 Å². The van der Waals surface area contributed by atoms with Gasteiger partial charge in [0.2, 0.25) is 0 Å². The van der Waals surface area contributed by atoms with E-state index < -0.39 is 18.2 Å². The van der Waals surface area contributed by atoms with Gasteiger partial charge in [-0.2, -0.15) is 0 Å². The Kier molecular flexibility index (Phi) is 5.01. The van der Waals surface area contributed by atoms with Gasteiger partial charge in [0.1, 0.15) is 12.2 Å². The van der Waals surface area contributed by atoms with Gasteiger partial charge in [-0.25, -0.2) is 0 Å². The third-order valence-corrected chi connectivity index (χ3v) is 4.09. The molecule has 0 amide bonds. The first-order chi connectivity index (χ1) is 11.0. The Morgan fingerprint density at radius 2 is 1.96 bits per heavy atom. The maximum atomic E-state index is 9.72. The van der Waals surface area contributed by atoms with Crippen molar-refractivity contribution in [2.75, 3.05) is 6.61 Å². The predicted octanol–water partition coefficient (Wildman–Crippen LogP) is 1.19. The van der Waals surface area contributed by atoms with Gasteiger partial charge in [0, 0.05) is 6.42 Å². The van der Waals surface area contributed by atoms with Crippen LogP contribution in [0.5, 0.6) is 0 Å². The summed E-state index contributed by atoms with van der Waals surface area (Å²) in [5.41, 5.74) is 1.05. The van der Waals surface area contributed by atoms with Gasteiger partial charge in [0.25, 0.3) is 0 Å². The first-order valence-electron chi connectivity index (χ1n) is 7.94. The zero-order valence-electron chi connectivity index (χ0n) is 13.4. The summed E-state index contributed by atoms with van der Waals surface area (Å²) in [6, 6.07) is 9.84. The number of fused-ring (bicyclic) bond motifs is 1. The quantitative estimate of drug-likeness (QED) is 0.818. The SMILES string of the molecule is CC1(C)OC2OC(CC(O)CO)C(OCc3ccccc3)C2O1. The van der Waals surface area contributed by atoms with Gasteiger partial charge >= 0.3 is 0 Å². The van der Waals surface area contributed by atoms with E-state index in [0.29, 0.717) is 6.61 Å². The summed E-state index contributed by atoms with van der Waals surface area (Å²) in [7, 11) is 0. The predicted molar refractivity (Wildman–Crippen MR) is 81.4 cm³/mol. The van der Waals surface area contributed by atoms with E-state index in [0.717, 1.165) is 5.56 Å². The molecule has 1 aromatic carbocycles. The van der Waals surface area contributed by atoms with E-state index in [1.807, 2.05) is 44.2 Å². The van der Waals surface area contributed by atoms with E-state index in [4.69, 9.17) is 24.1 Å². The summed E-state index contributed by atoms with van der Waals surface area (Å²) in [6.07, 6.45) is -2.17. The molecule has 2 heterocycles. The fraction of sp³-hybridized carbons (Fsp3) is 0.647. The van der Waals surface area contributed by atoms with Crippen molar-refractivity contribution in [2.45, 2.75) is 63.4 Å². The Morgan fingerprint density at radius 1 is 1.22 bits per heavy atom. The Morgan fingerprint density at radius 3 is 2.65 bits per heavy atom. The molecule has 128 valence electrons. The molecule has 0 aliphatic carbocycles. The second-order valence-electron chi connectivity index (χ2n) is 6.48. The zero-order chi connectivity index (χ0) is 16.4.